The van der Waals surface area contributed by atoms with Crippen molar-refractivity contribution in [2.24, 2.45) is 5.11 Å². The molecule has 7 nitrogen and oxygen atoms in total. The van der Waals surface area contributed by atoms with Crippen LogP contribution in [0.4, 0.5) is 0 Å². The summed E-state index contributed by atoms with van der Waals surface area (Å²) >= 11 is 0. The zero-order chi connectivity index (χ0) is 12.4. The molecule has 0 spiro atoms. The van der Waals surface area contributed by atoms with E-state index in [9.17, 15) is 4.79 Å². The molecule has 0 aromatic carbocycles. The van der Waals surface area contributed by atoms with E-state index < -0.39 is 12.0 Å². The largest absolute Gasteiger partial charge is 0.480 e. The number of aliphatic carboxylic acids is 1. The van der Waals surface area contributed by atoms with Crippen LogP contribution in [-0.2, 0) is 4.79 Å². The Hall–Kier alpha value is -1.30. The van der Waals surface area contributed by atoms with E-state index >= 15 is 0 Å². The van der Waals surface area contributed by atoms with Crippen molar-refractivity contribution < 1.29 is 9.90 Å². The fourth-order valence-corrected chi connectivity index (χ4v) is 1.28. The van der Waals surface area contributed by atoms with E-state index in [4.69, 9.17) is 10.6 Å². The van der Waals surface area contributed by atoms with Crippen LogP contribution < -0.4 is 5.32 Å². The first-order valence-electron chi connectivity index (χ1n) is 5.35. The first-order chi connectivity index (χ1) is 7.65. The molecule has 2 N–H and O–H groups in total. The molecule has 0 saturated heterocycles. The lowest BCUT2D eigenvalue weighted by Gasteiger charge is -2.19. The summed E-state index contributed by atoms with van der Waals surface area (Å²) in [5, 5.41) is 14.9. The first kappa shape index (κ1) is 14.7. The SMILES string of the molecule is CCN(CC)CCNC(CN=[N+]=[N-])C(=O)O. The van der Waals surface area contributed by atoms with Crippen molar-refractivity contribution in [3.05, 3.63) is 10.4 Å². The minimum atomic E-state index is -0.994. The van der Waals surface area contributed by atoms with Gasteiger partial charge in [0.15, 0.2) is 0 Å². The summed E-state index contributed by atoms with van der Waals surface area (Å²) < 4.78 is 0. The van der Waals surface area contributed by atoms with E-state index in [1.54, 1.807) is 0 Å². The van der Waals surface area contributed by atoms with Crippen molar-refractivity contribution >= 4 is 5.97 Å². The summed E-state index contributed by atoms with van der Waals surface area (Å²) in [6.45, 7) is 7.27. The monoisotopic (exact) mass is 229 g/mol. The van der Waals surface area contributed by atoms with E-state index in [-0.39, 0.29) is 6.54 Å². The fraction of sp³-hybridized carbons (Fsp3) is 0.889. The third-order valence-corrected chi connectivity index (χ3v) is 2.34. The van der Waals surface area contributed by atoms with Gasteiger partial charge in [-0.15, -0.1) is 0 Å². The van der Waals surface area contributed by atoms with Crippen LogP contribution >= 0.6 is 0 Å². The van der Waals surface area contributed by atoms with Crippen LogP contribution in [0.1, 0.15) is 13.8 Å². The molecule has 0 aromatic rings. The molecule has 0 heterocycles. The quantitative estimate of drug-likeness (QED) is 0.345. The molecule has 0 saturated carbocycles. The lowest BCUT2D eigenvalue weighted by atomic mass is 10.3. The van der Waals surface area contributed by atoms with Gasteiger partial charge >= 0.3 is 5.97 Å². The topological polar surface area (TPSA) is 101 Å². The van der Waals surface area contributed by atoms with E-state index in [2.05, 4.69) is 34.1 Å². The minimum absolute atomic E-state index is 0.0654. The second-order valence-corrected chi connectivity index (χ2v) is 3.29. The molecule has 0 bridgehead atoms. The van der Waals surface area contributed by atoms with Gasteiger partial charge in [0, 0.05) is 18.0 Å². The van der Waals surface area contributed by atoms with E-state index in [1.165, 1.54) is 0 Å². The number of azide groups is 1. The molecule has 92 valence electrons. The highest BCUT2D eigenvalue weighted by molar-refractivity contribution is 5.73. The maximum atomic E-state index is 10.8. The van der Waals surface area contributed by atoms with Crippen LogP contribution in [0.15, 0.2) is 5.11 Å². The maximum absolute atomic E-state index is 10.8. The van der Waals surface area contributed by atoms with Gasteiger partial charge in [0.05, 0.1) is 6.54 Å². The second-order valence-electron chi connectivity index (χ2n) is 3.29. The molecular weight excluding hydrogens is 210 g/mol. The lowest BCUT2D eigenvalue weighted by Crippen LogP contribution is -2.43. The van der Waals surface area contributed by atoms with Crippen LogP contribution in [0.2, 0.25) is 0 Å². The van der Waals surface area contributed by atoms with Gasteiger partial charge in [-0.2, -0.15) is 0 Å². The van der Waals surface area contributed by atoms with Gasteiger partial charge in [-0.25, -0.2) is 0 Å². The Morgan fingerprint density at radius 2 is 2.19 bits per heavy atom. The van der Waals surface area contributed by atoms with Crippen molar-refractivity contribution in [3.8, 4) is 0 Å². The lowest BCUT2D eigenvalue weighted by molar-refractivity contribution is -0.139. The predicted molar refractivity (Wildman–Crippen MR) is 61.2 cm³/mol. The van der Waals surface area contributed by atoms with Crippen molar-refractivity contribution in [2.45, 2.75) is 19.9 Å². The normalized spacial score (nSPS) is 12.2. The van der Waals surface area contributed by atoms with Gasteiger partial charge in [0.25, 0.3) is 0 Å². The zero-order valence-corrected chi connectivity index (χ0v) is 9.76. The van der Waals surface area contributed by atoms with Crippen LogP contribution in [0.25, 0.3) is 10.4 Å². The molecule has 0 fully saturated rings. The number of nitrogens with one attached hydrogen (secondary N) is 1. The van der Waals surface area contributed by atoms with Crippen molar-refractivity contribution in [1.29, 1.82) is 0 Å². The molecule has 0 radical (unpaired) electrons. The number of hydrogen-bond acceptors (Lipinski definition) is 4. The molecule has 16 heavy (non-hydrogen) atoms. The zero-order valence-electron chi connectivity index (χ0n) is 9.76. The van der Waals surface area contributed by atoms with Gasteiger partial charge in [-0.05, 0) is 18.6 Å². The Kier molecular flexibility index (Phi) is 8.24. The van der Waals surface area contributed by atoms with E-state index in [0.717, 1.165) is 19.6 Å². The summed E-state index contributed by atoms with van der Waals surface area (Å²) in [5.74, 6) is -0.994. The van der Waals surface area contributed by atoms with Gasteiger partial charge < -0.3 is 15.3 Å². The van der Waals surface area contributed by atoms with Crippen LogP contribution in [0, 0.1) is 0 Å². The van der Waals surface area contributed by atoms with Crippen LogP contribution in [0.5, 0.6) is 0 Å². The van der Waals surface area contributed by atoms with Crippen LogP contribution in [0.3, 0.4) is 0 Å². The average Bonchev–Trinajstić information content (AvgIpc) is 2.28. The number of carbonyl (C=O) groups is 1. The summed E-state index contributed by atoms with van der Waals surface area (Å²) in [6, 6.07) is -0.800. The van der Waals surface area contributed by atoms with Crippen molar-refractivity contribution in [2.75, 3.05) is 32.7 Å². The Balaban J connectivity index is 3.92. The Morgan fingerprint density at radius 1 is 1.56 bits per heavy atom. The smallest absolute Gasteiger partial charge is 0.320 e. The summed E-state index contributed by atoms with van der Waals surface area (Å²) in [7, 11) is 0. The van der Waals surface area contributed by atoms with Crippen molar-refractivity contribution in [1.82, 2.24) is 10.2 Å². The number of likely N-dealkylation sites (N-methyl/N-ethyl adjacent to an activating group) is 1. The number of hydrogen-bond donors (Lipinski definition) is 2. The van der Waals surface area contributed by atoms with Gasteiger partial charge in [0.1, 0.15) is 6.04 Å². The van der Waals surface area contributed by atoms with E-state index in [1.807, 2.05) is 0 Å². The Morgan fingerprint density at radius 3 is 2.62 bits per heavy atom. The predicted octanol–water partition coefficient (Wildman–Crippen LogP) is 0.681. The highest BCUT2D eigenvalue weighted by atomic mass is 16.4. The summed E-state index contributed by atoms with van der Waals surface area (Å²) in [4.78, 5) is 15.5. The maximum Gasteiger partial charge on any atom is 0.320 e. The number of nitrogens with zero attached hydrogens (tertiary/aromatic N) is 4. The molecular formula is C9H19N5O2. The standard InChI is InChI=1S/C9H19N5O2/c1-3-14(4-2)6-5-11-8(9(15)16)7-12-13-10/h8,11H,3-7H2,1-2H3,(H,15,16). The molecule has 0 amide bonds. The molecule has 7 heteroatoms. The molecule has 0 aromatic heterocycles. The van der Waals surface area contributed by atoms with Crippen LogP contribution in [-0.4, -0.2) is 54.7 Å². The highest BCUT2D eigenvalue weighted by Gasteiger charge is 2.15. The number of carboxylic acid groups (broad SMARTS) is 1. The highest BCUT2D eigenvalue weighted by Crippen LogP contribution is 1.89. The molecule has 0 aliphatic rings. The van der Waals surface area contributed by atoms with Gasteiger partial charge in [0.2, 0.25) is 0 Å². The summed E-state index contributed by atoms with van der Waals surface area (Å²) in [5.41, 5.74) is 8.12. The Labute approximate surface area is 95.1 Å². The number of rotatable bonds is 9. The second kappa shape index (κ2) is 8.96. The third kappa shape index (κ3) is 6.23. The molecule has 1 atom stereocenters. The van der Waals surface area contributed by atoms with Gasteiger partial charge in [-0.1, -0.05) is 19.0 Å². The molecule has 0 aliphatic heterocycles. The fourth-order valence-electron chi connectivity index (χ4n) is 1.28. The molecule has 0 aliphatic carbocycles. The van der Waals surface area contributed by atoms with E-state index in [0.29, 0.717) is 6.54 Å². The minimum Gasteiger partial charge on any atom is -0.480 e. The Bertz CT molecular complexity index is 248. The van der Waals surface area contributed by atoms with Gasteiger partial charge in [-0.3, -0.25) is 4.79 Å². The van der Waals surface area contributed by atoms with Crippen molar-refractivity contribution in [3.63, 3.8) is 0 Å². The molecule has 0 rings (SSSR count). The number of carboxylic acids is 1. The average molecular weight is 229 g/mol. The third-order valence-electron chi connectivity index (χ3n) is 2.34. The first-order valence-corrected chi connectivity index (χ1v) is 5.35. The summed E-state index contributed by atoms with van der Waals surface area (Å²) in [6.07, 6.45) is 0. The molecule has 1 unspecified atom stereocenters.